The molecule has 0 fully saturated rings. The topological polar surface area (TPSA) is 37.9 Å². The van der Waals surface area contributed by atoms with Crippen molar-refractivity contribution in [1.29, 1.82) is 0 Å². The summed E-state index contributed by atoms with van der Waals surface area (Å²) in [5, 5.41) is 0. The number of ether oxygens (including phenoxy) is 1. The summed E-state index contributed by atoms with van der Waals surface area (Å²) in [6.07, 6.45) is 0. The van der Waals surface area contributed by atoms with Crippen molar-refractivity contribution in [2.75, 3.05) is 7.11 Å². The molecule has 2 aromatic rings. The van der Waals surface area contributed by atoms with Crippen molar-refractivity contribution in [2.24, 2.45) is 0 Å². The van der Waals surface area contributed by atoms with Crippen LogP contribution in [-0.4, -0.2) is 17.1 Å². The molecular weight excluding hydrogens is 207 g/mol. The number of imidazole rings is 1. The number of hydrogen-bond acceptors (Lipinski definition) is 2. The van der Waals surface area contributed by atoms with E-state index in [-0.39, 0.29) is 5.88 Å². The minimum Gasteiger partial charge on any atom is -0.497 e. The third kappa shape index (κ3) is 1.42. The number of nitrogens with zero attached hydrogens (tertiary/aromatic N) is 1. The lowest BCUT2D eigenvalue weighted by atomic mass is 10.3. The van der Waals surface area contributed by atoms with Crippen LogP contribution in [0, 0.1) is 5.82 Å². The van der Waals surface area contributed by atoms with Crippen LogP contribution in [-0.2, 0) is 5.88 Å². The van der Waals surface area contributed by atoms with Crippen molar-refractivity contribution < 1.29 is 9.13 Å². The largest absolute Gasteiger partial charge is 0.497 e. The average molecular weight is 215 g/mol. The van der Waals surface area contributed by atoms with Crippen molar-refractivity contribution in [2.45, 2.75) is 5.88 Å². The molecule has 0 spiro atoms. The molecule has 0 saturated carbocycles. The Kier molecular flexibility index (Phi) is 2.29. The zero-order valence-electron chi connectivity index (χ0n) is 7.47. The number of aromatic amines is 1. The first-order valence-electron chi connectivity index (χ1n) is 4.02. The van der Waals surface area contributed by atoms with Crippen LogP contribution < -0.4 is 4.74 Å². The van der Waals surface area contributed by atoms with Crippen LogP contribution in [0.3, 0.4) is 0 Å². The smallest absolute Gasteiger partial charge is 0.154 e. The first kappa shape index (κ1) is 9.27. The predicted molar refractivity (Wildman–Crippen MR) is 52.2 cm³/mol. The lowest BCUT2D eigenvalue weighted by Gasteiger charge is -1.98. The van der Waals surface area contributed by atoms with Gasteiger partial charge in [0.2, 0.25) is 0 Å². The highest BCUT2D eigenvalue weighted by molar-refractivity contribution is 6.16. The molecule has 0 aliphatic carbocycles. The van der Waals surface area contributed by atoms with Gasteiger partial charge in [-0.05, 0) is 0 Å². The van der Waals surface area contributed by atoms with Gasteiger partial charge in [-0.15, -0.1) is 11.6 Å². The Morgan fingerprint density at radius 2 is 2.36 bits per heavy atom. The van der Waals surface area contributed by atoms with Gasteiger partial charge in [0, 0.05) is 12.1 Å². The Hall–Kier alpha value is -1.29. The Morgan fingerprint density at radius 3 is 3.00 bits per heavy atom. The molecule has 0 unspecified atom stereocenters. The maximum Gasteiger partial charge on any atom is 0.154 e. The van der Waals surface area contributed by atoms with Crippen LogP contribution in [0.1, 0.15) is 5.82 Å². The van der Waals surface area contributed by atoms with Gasteiger partial charge in [-0.25, -0.2) is 9.37 Å². The maximum atomic E-state index is 13.4. The molecule has 1 N–H and O–H groups in total. The number of alkyl halides is 1. The lowest BCUT2D eigenvalue weighted by Crippen LogP contribution is -1.85. The summed E-state index contributed by atoms with van der Waals surface area (Å²) < 4.78 is 18.3. The third-order valence-electron chi connectivity index (χ3n) is 1.92. The molecule has 0 aliphatic heterocycles. The molecule has 0 atom stereocenters. The van der Waals surface area contributed by atoms with Gasteiger partial charge in [0.25, 0.3) is 0 Å². The molecule has 5 heteroatoms. The second-order valence-electron chi connectivity index (χ2n) is 2.82. The molecule has 0 saturated heterocycles. The van der Waals surface area contributed by atoms with Crippen LogP contribution in [0.5, 0.6) is 5.75 Å². The number of methoxy groups -OCH3 is 1. The molecule has 1 aromatic heterocycles. The molecule has 3 nitrogen and oxygen atoms in total. The van der Waals surface area contributed by atoms with E-state index in [1.165, 1.54) is 13.2 Å². The molecular formula is C9H8ClFN2O. The summed E-state index contributed by atoms with van der Waals surface area (Å²) in [7, 11) is 1.49. The fraction of sp³-hybridized carbons (Fsp3) is 0.222. The van der Waals surface area contributed by atoms with E-state index >= 15 is 0 Å². The van der Waals surface area contributed by atoms with Gasteiger partial charge in [-0.2, -0.15) is 0 Å². The summed E-state index contributed by atoms with van der Waals surface area (Å²) in [5.41, 5.74) is 0.888. The van der Waals surface area contributed by atoms with E-state index in [4.69, 9.17) is 16.3 Å². The Bertz CT molecular complexity index is 469. The van der Waals surface area contributed by atoms with E-state index in [1.54, 1.807) is 6.07 Å². The van der Waals surface area contributed by atoms with Crippen LogP contribution >= 0.6 is 11.6 Å². The van der Waals surface area contributed by atoms with Crippen molar-refractivity contribution in [3.63, 3.8) is 0 Å². The fourth-order valence-corrected chi connectivity index (χ4v) is 1.41. The predicted octanol–water partition coefficient (Wildman–Crippen LogP) is 2.45. The SMILES string of the molecule is COc1cc(F)c2nc(CCl)[nH]c2c1. The number of aromatic nitrogens is 2. The monoisotopic (exact) mass is 214 g/mol. The quantitative estimate of drug-likeness (QED) is 0.780. The fourth-order valence-electron chi connectivity index (χ4n) is 1.28. The summed E-state index contributed by atoms with van der Waals surface area (Å²) in [6, 6.07) is 2.97. The van der Waals surface area contributed by atoms with Crippen molar-refractivity contribution in [3.05, 3.63) is 23.8 Å². The van der Waals surface area contributed by atoms with E-state index in [2.05, 4.69) is 9.97 Å². The number of halogens is 2. The van der Waals surface area contributed by atoms with E-state index in [1.807, 2.05) is 0 Å². The second kappa shape index (κ2) is 3.46. The average Bonchev–Trinajstić information content (AvgIpc) is 2.61. The first-order chi connectivity index (χ1) is 6.74. The maximum absolute atomic E-state index is 13.4. The molecule has 74 valence electrons. The molecule has 1 heterocycles. The van der Waals surface area contributed by atoms with Crippen LogP contribution in [0.25, 0.3) is 11.0 Å². The van der Waals surface area contributed by atoms with Crippen LogP contribution in [0.2, 0.25) is 0 Å². The molecule has 0 radical (unpaired) electrons. The van der Waals surface area contributed by atoms with Gasteiger partial charge in [0.05, 0.1) is 18.5 Å². The minimum absolute atomic E-state index is 0.233. The Balaban J connectivity index is 2.67. The van der Waals surface area contributed by atoms with E-state index in [0.29, 0.717) is 22.6 Å². The zero-order valence-corrected chi connectivity index (χ0v) is 8.23. The highest BCUT2D eigenvalue weighted by atomic mass is 35.5. The molecule has 2 rings (SSSR count). The van der Waals surface area contributed by atoms with Crippen LogP contribution in [0.4, 0.5) is 4.39 Å². The van der Waals surface area contributed by atoms with Gasteiger partial charge in [0.1, 0.15) is 17.1 Å². The number of H-pyrrole nitrogens is 1. The van der Waals surface area contributed by atoms with Crippen LogP contribution in [0.15, 0.2) is 12.1 Å². The van der Waals surface area contributed by atoms with E-state index < -0.39 is 5.82 Å². The highest BCUT2D eigenvalue weighted by Crippen LogP contribution is 2.22. The Labute approximate surface area is 84.9 Å². The molecule has 0 amide bonds. The summed E-state index contributed by atoms with van der Waals surface area (Å²) in [6.45, 7) is 0. The lowest BCUT2D eigenvalue weighted by molar-refractivity contribution is 0.412. The molecule has 14 heavy (non-hydrogen) atoms. The normalized spacial score (nSPS) is 10.8. The summed E-state index contributed by atoms with van der Waals surface area (Å²) in [4.78, 5) is 6.89. The van der Waals surface area contributed by atoms with Gasteiger partial charge in [0.15, 0.2) is 5.82 Å². The number of nitrogens with one attached hydrogen (secondary N) is 1. The second-order valence-corrected chi connectivity index (χ2v) is 3.09. The van der Waals surface area contributed by atoms with Gasteiger partial charge < -0.3 is 9.72 Å². The number of rotatable bonds is 2. The Morgan fingerprint density at radius 1 is 1.57 bits per heavy atom. The zero-order chi connectivity index (χ0) is 10.1. The van der Waals surface area contributed by atoms with Gasteiger partial charge in [-0.1, -0.05) is 0 Å². The first-order valence-corrected chi connectivity index (χ1v) is 4.56. The third-order valence-corrected chi connectivity index (χ3v) is 2.18. The molecule has 0 aliphatic rings. The number of benzene rings is 1. The van der Waals surface area contributed by atoms with E-state index in [9.17, 15) is 4.39 Å². The summed E-state index contributed by atoms with van der Waals surface area (Å²) in [5.74, 6) is 0.830. The number of hydrogen-bond donors (Lipinski definition) is 1. The van der Waals surface area contributed by atoms with Crippen molar-refractivity contribution in [1.82, 2.24) is 9.97 Å². The number of fused-ring (bicyclic) bond motifs is 1. The van der Waals surface area contributed by atoms with Gasteiger partial charge in [-0.3, -0.25) is 0 Å². The molecule has 1 aromatic carbocycles. The van der Waals surface area contributed by atoms with Gasteiger partial charge >= 0.3 is 0 Å². The van der Waals surface area contributed by atoms with Crippen molar-refractivity contribution in [3.8, 4) is 5.75 Å². The minimum atomic E-state index is -0.410. The molecule has 0 bridgehead atoms. The summed E-state index contributed by atoms with van der Waals surface area (Å²) >= 11 is 5.58. The van der Waals surface area contributed by atoms with E-state index in [0.717, 1.165) is 0 Å². The standard InChI is InChI=1S/C9H8ClFN2O/c1-14-5-2-6(11)9-7(3-5)12-8(4-10)13-9/h2-3H,4H2,1H3,(H,12,13). The highest BCUT2D eigenvalue weighted by Gasteiger charge is 2.08. The van der Waals surface area contributed by atoms with Crippen molar-refractivity contribution >= 4 is 22.6 Å².